The molecule has 1 aliphatic heterocycles. The molecule has 1 aromatic carbocycles. The molecule has 3 heterocycles. The number of carbonyl (C=O) groups is 1. The predicted octanol–water partition coefficient (Wildman–Crippen LogP) is 6.83. The van der Waals surface area contributed by atoms with Crippen LogP contribution in [0.25, 0.3) is 19.8 Å². The average Bonchev–Trinajstić information content (AvgIpc) is 3.35. The number of sulfone groups is 1. The molecule has 178 valence electrons. The second-order valence-corrected chi connectivity index (χ2v) is 20.1. The average molecular weight is 525 g/mol. The van der Waals surface area contributed by atoms with E-state index >= 15 is 0 Å². The summed E-state index contributed by atoms with van der Waals surface area (Å²) >= 11 is 2.97. The molecule has 0 bridgehead atoms. The van der Waals surface area contributed by atoms with Crippen molar-refractivity contribution in [3.63, 3.8) is 0 Å². The van der Waals surface area contributed by atoms with E-state index in [1.807, 2.05) is 18.2 Å². The van der Waals surface area contributed by atoms with Gasteiger partial charge < -0.3 is 4.74 Å². The summed E-state index contributed by atoms with van der Waals surface area (Å²) in [6.45, 7) is 6.98. The molecule has 0 unspecified atom stereocenters. The number of hydrogen-bond donors (Lipinski definition) is 0. The first-order valence-corrected chi connectivity index (χ1v) is 18.2. The van der Waals surface area contributed by atoms with Crippen molar-refractivity contribution in [3.8, 4) is 9.75 Å². The second kappa shape index (κ2) is 9.24. The van der Waals surface area contributed by atoms with Gasteiger partial charge in [-0.25, -0.2) is 12.8 Å². The number of carbonyl (C=O) groups excluding carboxylic acids is 1. The summed E-state index contributed by atoms with van der Waals surface area (Å²) in [5.41, 5.74) is 0. The zero-order chi connectivity index (χ0) is 23.9. The van der Waals surface area contributed by atoms with Crippen LogP contribution in [0, 0.1) is 5.82 Å². The van der Waals surface area contributed by atoms with Crippen LogP contribution in [0.5, 0.6) is 0 Å². The lowest BCUT2D eigenvalue weighted by atomic mass is 9.95. The van der Waals surface area contributed by atoms with Crippen molar-refractivity contribution in [2.24, 2.45) is 0 Å². The van der Waals surface area contributed by atoms with Gasteiger partial charge in [0.15, 0.2) is 9.84 Å². The minimum Gasteiger partial charge on any atom is -0.466 e. The number of ether oxygens (including phenoxy) is 1. The third-order valence-corrected chi connectivity index (χ3v) is 13.2. The number of benzene rings is 1. The van der Waals surface area contributed by atoms with E-state index in [2.05, 4.69) is 19.6 Å². The Balaban J connectivity index is 1.64. The molecule has 1 aliphatic rings. The van der Waals surface area contributed by atoms with E-state index in [0.29, 0.717) is 24.3 Å². The largest absolute Gasteiger partial charge is 0.466 e. The monoisotopic (exact) mass is 524 g/mol. The van der Waals surface area contributed by atoms with Crippen molar-refractivity contribution < 1.29 is 22.3 Å². The van der Waals surface area contributed by atoms with Crippen LogP contribution in [-0.4, -0.2) is 34.8 Å². The molecule has 3 aromatic rings. The number of rotatable bonds is 7. The fraction of sp³-hybridized carbons (Fsp3) is 0.458. The van der Waals surface area contributed by atoms with Gasteiger partial charge in [-0.05, 0) is 60.7 Å². The highest BCUT2D eigenvalue weighted by atomic mass is 32.2. The van der Waals surface area contributed by atoms with Gasteiger partial charge in [0.25, 0.3) is 0 Å². The van der Waals surface area contributed by atoms with E-state index in [4.69, 9.17) is 4.74 Å². The second-order valence-electron chi connectivity index (χ2n) is 9.93. The van der Waals surface area contributed by atoms with Gasteiger partial charge in [0.2, 0.25) is 0 Å². The van der Waals surface area contributed by atoms with E-state index in [0.717, 1.165) is 32.3 Å². The van der Waals surface area contributed by atoms with Crippen LogP contribution in [0.2, 0.25) is 25.7 Å². The highest BCUT2D eigenvalue weighted by Gasteiger charge is 2.49. The number of esters is 1. The van der Waals surface area contributed by atoms with Crippen molar-refractivity contribution in [1.29, 1.82) is 0 Å². The number of fused-ring (bicyclic) bond motifs is 1. The van der Waals surface area contributed by atoms with Crippen LogP contribution in [-0.2, 0) is 24.1 Å². The molecule has 0 N–H and O–H groups in total. The summed E-state index contributed by atoms with van der Waals surface area (Å²) in [6, 6.07) is 11.3. The number of thiophene rings is 2. The molecule has 1 fully saturated rings. The summed E-state index contributed by atoms with van der Waals surface area (Å²) in [5, 5.41) is 0.830. The van der Waals surface area contributed by atoms with Crippen LogP contribution >= 0.6 is 22.7 Å². The van der Waals surface area contributed by atoms with E-state index in [1.54, 1.807) is 17.4 Å². The third-order valence-electron chi connectivity index (χ3n) is 6.16. The van der Waals surface area contributed by atoms with Crippen molar-refractivity contribution in [3.05, 3.63) is 47.1 Å². The molecule has 0 radical (unpaired) electrons. The quantitative estimate of drug-likeness (QED) is 0.251. The maximum Gasteiger partial charge on any atom is 0.307 e. The minimum atomic E-state index is -3.51. The lowest BCUT2D eigenvalue weighted by molar-refractivity contribution is -0.144. The van der Waals surface area contributed by atoms with E-state index in [-0.39, 0.29) is 18.0 Å². The fourth-order valence-electron chi connectivity index (χ4n) is 4.22. The van der Waals surface area contributed by atoms with Crippen LogP contribution in [0.1, 0.15) is 30.6 Å². The molecule has 0 saturated carbocycles. The summed E-state index contributed by atoms with van der Waals surface area (Å²) < 4.78 is 45.6. The van der Waals surface area contributed by atoms with Gasteiger partial charge in [-0.3, -0.25) is 4.79 Å². The summed E-state index contributed by atoms with van der Waals surface area (Å²) in [7, 11) is -4.87. The Morgan fingerprint density at radius 2 is 1.88 bits per heavy atom. The standard InChI is InChI=1S/C24H29FO4S3Si/c1-33(2,3)13-11-29-23(26)16-24(10-4-5-12-32(24,27)28)22-9-8-20(31-22)21-15-17-14-18(25)6-7-19(17)30-21/h6-9,14-15H,4-5,10-13,16H2,1-3H3/t24-/m0/s1. The first kappa shape index (κ1) is 24.6. The molecule has 1 saturated heterocycles. The predicted molar refractivity (Wildman–Crippen MR) is 138 cm³/mol. The normalized spacial score (nSPS) is 20.7. The van der Waals surface area contributed by atoms with Crippen molar-refractivity contribution in [1.82, 2.24) is 0 Å². The number of hydrogen-bond acceptors (Lipinski definition) is 6. The Hall–Kier alpha value is -1.55. The lowest BCUT2D eigenvalue weighted by Crippen LogP contribution is -2.42. The molecular weight excluding hydrogens is 496 g/mol. The van der Waals surface area contributed by atoms with Gasteiger partial charge in [0.1, 0.15) is 10.6 Å². The maximum atomic E-state index is 13.6. The molecule has 1 atom stereocenters. The Morgan fingerprint density at radius 3 is 2.61 bits per heavy atom. The molecule has 0 spiro atoms. The van der Waals surface area contributed by atoms with E-state index < -0.39 is 28.6 Å². The van der Waals surface area contributed by atoms with Gasteiger partial charge in [-0.2, -0.15) is 0 Å². The Bertz CT molecular complexity index is 1270. The molecule has 4 nitrogen and oxygen atoms in total. The Kier molecular flexibility index (Phi) is 6.88. The fourth-order valence-corrected chi connectivity index (χ4v) is 9.83. The van der Waals surface area contributed by atoms with Crippen LogP contribution in [0.4, 0.5) is 4.39 Å². The maximum absolute atomic E-state index is 13.6. The number of halogens is 1. The molecule has 4 rings (SSSR count). The molecular formula is C24H29FO4S3Si. The Labute approximate surface area is 203 Å². The van der Waals surface area contributed by atoms with Gasteiger partial charge >= 0.3 is 5.97 Å². The van der Waals surface area contributed by atoms with Gasteiger partial charge in [0.05, 0.1) is 18.8 Å². The highest BCUT2D eigenvalue weighted by molar-refractivity contribution is 7.92. The van der Waals surface area contributed by atoms with Crippen molar-refractivity contribution >= 4 is 56.6 Å². The summed E-state index contributed by atoms with van der Waals surface area (Å²) in [6.07, 6.45) is 1.67. The highest BCUT2D eigenvalue weighted by Crippen LogP contribution is 2.48. The molecule has 9 heteroatoms. The van der Waals surface area contributed by atoms with Crippen LogP contribution in [0.15, 0.2) is 36.4 Å². The molecule has 0 amide bonds. The SMILES string of the molecule is C[Si](C)(C)CCOC(=O)C[C@]1(c2ccc(-c3cc4cc(F)ccc4s3)s2)CCCCS1(=O)=O. The zero-order valence-corrected chi connectivity index (χ0v) is 22.6. The summed E-state index contributed by atoms with van der Waals surface area (Å²) in [4.78, 5) is 15.4. The van der Waals surface area contributed by atoms with E-state index in [9.17, 15) is 17.6 Å². The first-order valence-electron chi connectivity index (χ1n) is 11.2. The molecule has 0 aliphatic carbocycles. The van der Waals surface area contributed by atoms with Crippen LogP contribution < -0.4 is 0 Å². The molecule has 33 heavy (non-hydrogen) atoms. The summed E-state index contributed by atoms with van der Waals surface area (Å²) in [5.74, 6) is -0.630. The zero-order valence-electron chi connectivity index (χ0n) is 19.1. The van der Waals surface area contributed by atoms with Gasteiger partial charge in [-0.1, -0.05) is 26.1 Å². The molecule has 2 aromatic heterocycles. The third kappa shape index (κ3) is 5.26. The minimum absolute atomic E-state index is 0.0879. The van der Waals surface area contributed by atoms with Gasteiger partial charge in [-0.15, -0.1) is 22.7 Å². The van der Waals surface area contributed by atoms with Crippen molar-refractivity contribution in [2.75, 3.05) is 12.4 Å². The first-order chi connectivity index (χ1) is 15.5. The van der Waals surface area contributed by atoms with Gasteiger partial charge in [0, 0.05) is 27.4 Å². The smallest absolute Gasteiger partial charge is 0.307 e. The van der Waals surface area contributed by atoms with E-state index in [1.165, 1.54) is 23.5 Å². The van der Waals surface area contributed by atoms with Crippen LogP contribution in [0.3, 0.4) is 0 Å². The lowest BCUT2D eigenvalue weighted by Gasteiger charge is -2.35. The Morgan fingerprint density at radius 1 is 1.09 bits per heavy atom. The van der Waals surface area contributed by atoms with Crippen molar-refractivity contribution in [2.45, 2.75) is 56.1 Å². The topological polar surface area (TPSA) is 60.4 Å².